The number of phenols is 1. The maximum atomic E-state index is 13.1. The van der Waals surface area contributed by atoms with Gasteiger partial charge in [-0.2, -0.15) is 10.2 Å². The predicted molar refractivity (Wildman–Crippen MR) is 113 cm³/mol. The molecule has 150 valence electrons. The average Bonchev–Trinajstić information content (AvgIpc) is 3.37. The largest absolute Gasteiger partial charge is 0.507 e. The molecule has 0 bridgehead atoms. The Morgan fingerprint density at radius 1 is 0.933 bits per heavy atom. The van der Waals surface area contributed by atoms with Gasteiger partial charge >= 0.3 is 0 Å². The minimum absolute atomic E-state index is 0.0939. The molecule has 3 heterocycles. The number of H-pyrrole nitrogens is 2. The van der Waals surface area contributed by atoms with Crippen molar-refractivity contribution in [3.63, 3.8) is 0 Å². The van der Waals surface area contributed by atoms with Crippen LogP contribution in [0.25, 0.3) is 22.5 Å². The number of benzene rings is 2. The number of phenolic OH excluding ortho intramolecular Hbond substituents is 1. The number of amides is 1. The van der Waals surface area contributed by atoms with E-state index in [0.717, 1.165) is 29.8 Å². The second-order valence-electron chi connectivity index (χ2n) is 7.37. The van der Waals surface area contributed by atoms with Crippen molar-refractivity contribution in [2.75, 3.05) is 13.1 Å². The molecule has 7 nitrogen and oxygen atoms in total. The fourth-order valence-corrected chi connectivity index (χ4v) is 3.95. The number of aromatic hydroxyl groups is 1. The zero-order valence-corrected chi connectivity index (χ0v) is 16.3. The molecule has 3 N–H and O–H groups in total. The molecule has 0 saturated carbocycles. The summed E-state index contributed by atoms with van der Waals surface area (Å²) in [7, 11) is 0. The molecule has 0 spiro atoms. The molecular weight excluding hydrogens is 378 g/mol. The summed E-state index contributed by atoms with van der Waals surface area (Å²) in [6.07, 6.45) is 1.46. The van der Waals surface area contributed by atoms with Crippen LogP contribution in [-0.4, -0.2) is 49.4 Å². The first-order chi connectivity index (χ1) is 14.7. The summed E-state index contributed by atoms with van der Waals surface area (Å²) < 4.78 is 0. The lowest BCUT2D eigenvalue weighted by Crippen LogP contribution is -2.33. The minimum Gasteiger partial charge on any atom is -0.507 e. The highest BCUT2D eigenvalue weighted by Crippen LogP contribution is 2.29. The van der Waals surface area contributed by atoms with Gasteiger partial charge in [0.25, 0.3) is 5.91 Å². The van der Waals surface area contributed by atoms with Gasteiger partial charge in [0.15, 0.2) is 0 Å². The molecule has 4 aromatic rings. The second-order valence-corrected chi connectivity index (χ2v) is 7.37. The molecule has 0 radical (unpaired) electrons. The Morgan fingerprint density at radius 2 is 1.70 bits per heavy atom. The quantitative estimate of drug-likeness (QED) is 0.492. The first-order valence-electron chi connectivity index (χ1n) is 9.95. The van der Waals surface area contributed by atoms with Crippen LogP contribution < -0.4 is 0 Å². The third kappa shape index (κ3) is 3.24. The first kappa shape index (κ1) is 18.2. The molecule has 2 aromatic heterocycles. The van der Waals surface area contributed by atoms with E-state index in [1.165, 1.54) is 5.56 Å². The number of carbonyl (C=O) groups excluding carboxylic acids is 1. The Morgan fingerprint density at radius 3 is 2.53 bits per heavy atom. The highest BCUT2D eigenvalue weighted by Gasteiger charge is 2.25. The summed E-state index contributed by atoms with van der Waals surface area (Å²) in [5.74, 6) is 0.0424. The molecule has 0 saturated heterocycles. The molecule has 7 heteroatoms. The number of carbonyl (C=O) groups is 1. The Labute approximate surface area is 173 Å². The summed E-state index contributed by atoms with van der Waals surface area (Å²) in [5, 5.41) is 24.8. The Kier molecular flexibility index (Phi) is 4.55. The fraction of sp³-hybridized carbons (Fsp3) is 0.174. The number of nitrogens with zero attached hydrogens (tertiary/aromatic N) is 3. The lowest BCUT2D eigenvalue weighted by atomic mass is 10.0. The third-order valence-electron chi connectivity index (χ3n) is 5.54. The van der Waals surface area contributed by atoms with Crippen LogP contribution in [0.4, 0.5) is 0 Å². The second kappa shape index (κ2) is 7.51. The van der Waals surface area contributed by atoms with E-state index in [9.17, 15) is 9.90 Å². The summed E-state index contributed by atoms with van der Waals surface area (Å²) in [6, 6.07) is 18.7. The number of fused-ring (bicyclic) bond motifs is 1. The molecule has 0 unspecified atom stereocenters. The summed E-state index contributed by atoms with van der Waals surface area (Å²) in [5.41, 5.74) is 5.86. The molecule has 1 amide bonds. The van der Waals surface area contributed by atoms with Gasteiger partial charge in [-0.3, -0.25) is 15.0 Å². The lowest BCUT2D eigenvalue weighted by Gasteiger charge is -2.19. The summed E-state index contributed by atoms with van der Waals surface area (Å²) in [6.45, 7) is 1.21. The number of hydrogen-bond acceptors (Lipinski definition) is 4. The number of nitrogens with one attached hydrogen (secondary N) is 2. The monoisotopic (exact) mass is 399 g/mol. The highest BCUT2D eigenvalue weighted by atomic mass is 16.3. The van der Waals surface area contributed by atoms with Crippen molar-refractivity contribution in [1.29, 1.82) is 0 Å². The van der Waals surface area contributed by atoms with Crippen LogP contribution in [0.3, 0.4) is 0 Å². The van der Waals surface area contributed by atoms with Crippen LogP contribution in [-0.2, 0) is 12.8 Å². The van der Waals surface area contributed by atoms with E-state index in [0.29, 0.717) is 30.0 Å². The topological polar surface area (TPSA) is 97.9 Å². The van der Waals surface area contributed by atoms with Crippen LogP contribution in [0, 0.1) is 0 Å². The van der Waals surface area contributed by atoms with E-state index >= 15 is 0 Å². The van der Waals surface area contributed by atoms with E-state index in [1.54, 1.807) is 24.3 Å². The van der Waals surface area contributed by atoms with Gasteiger partial charge in [0, 0.05) is 41.9 Å². The van der Waals surface area contributed by atoms with E-state index < -0.39 is 0 Å². The van der Waals surface area contributed by atoms with Crippen LogP contribution in [0.5, 0.6) is 5.75 Å². The molecule has 2 aromatic carbocycles. The number of aromatic amines is 2. The maximum Gasteiger partial charge on any atom is 0.271 e. The number of rotatable bonds is 3. The molecule has 0 aliphatic carbocycles. The molecule has 0 fully saturated rings. The van der Waals surface area contributed by atoms with Crippen molar-refractivity contribution < 1.29 is 9.90 Å². The number of aromatic nitrogens is 4. The maximum absolute atomic E-state index is 13.1. The van der Waals surface area contributed by atoms with E-state index in [2.05, 4.69) is 32.5 Å². The summed E-state index contributed by atoms with van der Waals surface area (Å²) in [4.78, 5) is 14.9. The van der Waals surface area contributed by atoms with E-state index in [4.69, 9.17) is 0 Å². The molecule has 30 heavy (non-hydrogen) atoms. The van der Waals surface area contributed by atoms with Crippen molar-refractivity contribution in [2.45, 2.75) is 12.8 Å². The van der Waals surface area contributed by atoms with Gasteiger partial charge in [0.05, 0.1) is 11.4 Å². The van der Waals surface area contributed by atoms with Gasteiger partial charge in [-0.15, -0.1) is 0 Å². The standard InChI is InChI=1S/C23H21N5O2/c29-21-9-5-4-8-16(21)19-14-20(26-25-19)23(30)28-12-10-17-18(11-13-28)24-27-22(17)15-6-2-1-3-7-15/h1-9,14,29H,10-13H2,(H,24,27)(H,25,26). The van der Waals surface area contributed by atoms with Crippen molar-refractivity contribution in [3.8, 4) is 28.3 Å². The Balaban J connectivity index is 1.35. The van der Waals surface area contributed by atoms with Gasteiger partial charge in [0.1, 0.15) is 11.4 Å². The van der Waals surface area contributed by atoms with Gasteiger partial charge in [-0.25, -0.2) is 0 Å². The van der Waals surface area contributed by atoms with Gasteiger partial charge in [-0.05, 0) is 24.6 Å². The highest BCUT2D eigenvalue weighted by molar-refractivity contribution is 5.93. The summed E-state index contributed by atoms with van der Waals surface area (Å²) >= 11 is 0. The van der Waals surface area contributed by atoms with Gasteiger partial charge in [0.2, 0.25) is 0 Å². The molecular formula is C23H21N5O2. The van der Waals surface area contributed by atoms with E-state index in [-0.39, 0.29) is 11.7 Å². The third-order valence-corrected chi connectivity index (χ3v) is 5.54. The van der Waals surface area contributed by atoms with Gasteiger partial charge in [-0.1, -0.05) is 42.5 Å². The molecule has 5 rings (SSSR count). The lowest BCUT2D eigenvalue weighted by molar-refractivity contribution is 0.0757. The molecule has 1 aliphatic heterocycles. The van der Waals surface area contributed by atoms with Crippen molar-refractivity contribution in [1.82, 2.24) is 25.3 Å². The molecule has 0 atom stereocenters. The normalized spacial score (nSPS) is 13.7. The van der Waals surface area contributed by atoms with Crippen molar-refractivity contribution in [2.24, 2.45) is 0 Å². The van der Waals surface area contributed by atoms with Crippen LogP contribution in [0.1, 0.15) is 21.7 Å². The zero-order chi connectivity index (χ0) is 20.5. The van der Waals surface area contributed by atoms with Crippen LogP contribution >= 0.6 is 0 Å². The molecule has 1 aliphatic rings. The fourth-order valence-electron chi connectivity index (χ4n) is 3.95. The first-order valence-corrected chi connectivity index (χ1v) is 9.95. The smallest absolute Gasteiger partial charge is 0.271 e. The number of para-hydroxylation sites is 1. The van der Waals surface area contributed by atoms with Crippen LogP contribution in [0.2, 0.25) is 0 Å². The Hall–Kier alpha value is -3.87. The zero-order valence-electron chi connectivity index (χ0n) is 16.3. The van der Waals surface area contributed by atoms with Gasteiger partial charge < -0.3 is 10.0 Å². The number of hydrogen-bond donors (Lipinski definition) is 3. The van der Waals surface area contributed by atoms with Crippen molar-refractivity contribution in [3.05, 3.63) is 77.6 Å². The average molecular weight is 399 g/mol. The van der Waals surface area contributed by atoms with Crippen molar-refractivity contribution >= 4 is 5.91 Å². The van der Waals surface area contributed by atoms with E-state index in [1.807, 2.05) is 29.2 Å². The SMILES string of the molecule is O=C(c1cc(-c2ccccc2O)n[nH]1)N1CCc2[nH]nc(-c3ccccc3)c2CC1. The minimum atomic E-state index is -0.0939. The Bertz CT molecular complexity index is 1200. The van der Waals surface area contributed by atoms with Crippen LogP contribution in [0.15, 0.2) is 60.7 Å². The predicted octanol–water partition coefficient (Wildman–Crippen LogP) is 3.41.